The van der Waals surface area contributed by atoms with Crippen LogP contribution in [0.1, 0.15) is 49.9 Å². The molecule has 0 N–H and O–H groups in total. The summed E-state index contributed by atoms with van der Waals surface area (Å²) in [4.78, 5) is 0. The molecule has 6 rings (SSSR count). The van der Waals surface area contributed by atoms with Gasteiger partial charge in [0, 0.05) is 86.6 Å². The Morgan fingerprint density at radius 3 is 1.32 bits per heavy atom. The highest BCUT2D eigenvalue weighted by Gasteiger charge is 2.19. The summed E-state index contributed by atoms with van der Waals surface area (Å²) in [5.41, 5.74) is 7.73. The van der Waals surface area contributed by atoms with E-state index in [1.807, 2.05) is 0 Å². The first kappa shape index (κ1) is 33.8. The highest BCUT2D eigenvalue weighted by atomic mass is 79.9. The Morgan fingerprint density at radius 1 is 0.545 bits per heavy atom. The van der Waals surface area contributed by atoms with Gasteiger partial charge in [-0.2, -0.15) is 0 Å². The topological polar surface area (TPSA) is 36.1 Å². The number of ether oxygens (including phenoxy) is 2. The predicted octanol–water partition coefficient (Wildman–Crippen LogP) is 1.23. The lowest BCUT2D eigenvalue weighted by molar-refractivity contribution is -0.702. The van der Waals surface area contributed by atoms with E-state index in [1.54, 1.807) is 14.2 Å². The number of hydrogen-bond donors (Lipinski definition) is 0. The molecular weight excluding hydrogens is 680 g/mol. The quantitative estimate of drug-likeness (QED) is 0.149. The van der Waals surface area contributed by atoms with Crippen LogP contribution in [0.25, 0.3) is 43.6 Å². The largest absolute Gasteiger partial charge is 1.00 e. The van der Waals surface area contributed by atoms with E-state index >= 15 is 0 Å². The zero-order valence-corrected chi connectivity index (χ0v) is 30.0. The number of hydrogen-bond acceptors (Lipinski definition) is 2. The minimum atomic E-state index is 0. The second-order valence-corrected chi connectivity index (χ2v) is 11.7. The van der Waals surface area contributed by atoms with Crippen LogP contribution in [0.15, 0.2) is 60.9 Å². The van der Waals surface area contributed by atoms with Gasteiger partial charge in [-0.05, 0) is 37.1 Å². The highest BCUT2D eigenvalue weighted by Crippen LogP contribution is 2.32. The van der Waals surface area contributed by atoms with E-state index in [4.69, 9.17) is 9.47 Å². The summed E-state index contributed by atoms with van der Waals surface area (Å²) in [7, 11) is 7.79. The van der Waals surface area contributed by atoms with Crippen molar-refractivity contribution >= 4 is 43.6 Å². The molecule has 4 aromatic heterocycles. The number of aromatic nitrogens is 4. The Morgan fingerprint density at radius 2 is 0.932 bits per heavy atom. The van der Waals surface area contributed by atoms with Gasteiger partial charge in [0.25, 0.3) is 0 Å². The fourth-order valence-corrected chi connectivity index (χ4v) is 6.94. The first-order valence-corrected chi connectivity index (χ1v) is 15.3. The second kappa shape index (κ2) is 14.3. The molecule has 0 amide bonds. The molecule has 6 nitrogen and oxygen atoms in total. The van der Waals surface area contributed by atoms with Crippen LogP contribution in [-0.4, -0.2) is 23.4 Å². The van der Waals surface area contributed by atoms with Crippen molar-refractivity contribution in [2.75, 3.05) is 14.2 Å². The predicted molar refractivity (Wildman–Crippen MR) is 172 cm³/mol. The lowest BCUT2D eigenvalue weighted by Crippen LogP contribution is -3.00. The summed E-state index contributed by atoms with van der Waals surface area (Å²) >= 11 is 0. The number of aryl methyl sites for hydroxylation is 6. The summed E-state index contributed by atoms with van der Waals surface area (Å²) < 4.78 is 20.4. The van der Waals surface area contributed by atoms with Gasteiger partial charge in [-0.1, -0.05) is 12.8 Å². The molecule has 234 valence electrons. The zero-order chi connectivity index (χ0) is 29.4. The van der Waals surface area contributed by atoms with Crippen LogP contribution < -0.4 is 52.6 Å². The van der Waals surface area contributed by atoms with Gasteiger partial charge in [-0.25, -0.2) is 9.13 Å². The van der Waals surface area contributed by atoms with Crippen molar-refractivity contribution in [3.8, 4) is 11.5 Å². The van der Waals surface area contributed by atoms with Crippen molar-refractivity contribution in [1.82, 2.24) is 9.13 Å². The number of unbranched alkanes of at least 4 members (excludes halogenated alkanes) is 5. The molecule has 0 unspecified atom stereocenters. The average molecular weight is 725 g/mol. The third kappa shape index (κ3) is 6.08. The van der Waals surface area contributed by atoms with Crippen LogP contribution in [-0.2, 0) is 27.2 Å². The molecule has 0 aliphatic heterocycles. The van der Waals surface area contributed by atoms with Crippen LogP contribution in [0.3, 0.4) is 0 Å². The van der Waals surface area contributed by atoms with Crippen molar-refractivity contribution in [1.29, 1.82) is 0 Å². The molecule has 0 saturated carbocycles. The minimum absolute atomic E-state index is 0. The number of rotatable bonds is 11. The standard InChI is InChI=1S/C36H44N4O2.2BrH/c1-25-35-31(29-15-13-27(41-5)23-33(29)37(35)3)17-21-39(25)19-11-9-7-8-10-12-20-40-22-18-32-30-16-14-28(42-6)24-34(30)38(4)36(32)26(40)2;;/h13-18,21-24H,7-12,19-20H2,1-6H3;2*1H/q+2;;/p-2. The maximum atomic E-state index is 5.47. The van der Waals surface area contributed by atoms with E-state index in [1.165, 1.54) is 93.5 Å². The van der Waals surface area contributed by atoms with Gasteiger partial charge < -0.3 is 52.6 Å². The number of fused-ring (bicyclic) bond motifs is 6. The first-order valence-electron chi connectivity index (χ1n) is 15.3. The molecule has 8 heteroatoms. The van der Waals surface area contributed by atoms with E-state index in [0.717, 1.165) is 24.6 Å². The van der Waals surface area contributed by atoms with Crippen LogP contribution in [0.5, 0.6) is 11.5 Å². The molecule has 0 fully saturated rings. The van der Waals surface area contributed by atoms with Crippen LogP contribution in [0.2, 0.25) is 0 Å². The SMILES string of the molecule is COc1ccc2c3cc[n+](CCCCCCCC[n+]4ccc5c6ccc(OC)cc6n(C)c5c4C)c(C)c3n(C)c2c1.[Br-].[Br-]. The van der Waals surface area contributed by atoms with E-state index in [2.05, 4.69) is 107 Å². The van der Waals surface area contributed by atoms with E-state index in [-0.39, 0.29) is 34.0 Å². The third-order valence-electron chi connectivity index (χ3n) is 9.33. The number of halogens is 2. The molecule has 0 atom stereocenters. The molecular formula is C36H44Br2N4O2. The zero-order valence-electron chi connectivity index (χ0n) is 26.8. The number of pyridine rings is 2. The molecule has 2 aromatic carbocycles. The van der Waals surface area contributed by atoms with Crippen molar-refractivity contribution in [2.45, 2.75) is 65.5 Å². The van der Waals surface area contributed by atoms with Gasteiger partial charge in [0.15, 0.2) is 12.4 Å². The van der Waals surface area contributed by atoms with Gasteiger partial charge in [-0.15, -0.1) is 0 Å². The molecule has 0 radical (unpaired) electrons. The molecule has 4 heterocycles. The van der Waals surface area contributed by atoms with Gasteiger partial charge in [0.05, 0.1) is 25.3 Å². The van der Waals surface area contributed by atoms with Gasteiger partial charge >= 0.3 is 0 Å². The van der Waals surface area contributed by atoms with Gasteiger partial charge in [0.2, 0.25) is 11.4 Å². The normalized spacial score (nSPS) is 11.3. The van der Waals surface area contributed by atoms with Crippen molar-refractivity contribution in [3.63, 3.8) is 0 Å². The second-order valence-electron chi connectivity index (χ2n) is 11.7. The molecule has 44 heavy (non-hydrogen) atoms. The lowest BCUT2D eigenvalue weighted by Gasteiger charge is -2.05. The maximum absolute atomic E-state index is 5.47. The van der Waals surface area contributed by atoms with Crippen molar-refractivity contribution < 1.29 is 52.6 Å². The van der Waals surface area contributed by atoms with Crippen LogP contribution in [0, 0.1) is 13.8 Å². The van der Waals surface area contributed by atoms with Crippen molar-refractivity contribution in [3.05, 3.63) is 72.3 Å². The highest BCUT2D eigenvalue weighted by molar-refractivity contribution is 6.09. The van der Waals surface area contributed by atoms with E-state index < -0.39 is 0 Å². The van der Waals surface area contributed by atoms with Crippen LogP contribution >= 0.6 is 0 Å². The first-order chi connectivity index (χ1) is 20.4. The molecule has 0 saturated heterocycles. The Hall–Kier alpha value is -3.10. The summed E-state index contributed by atoms with van der Waals surface area (Å²) in [5.74, 6) is 1.81. The van der Waals surface area contributed by atoms with E-state index in [9.17, 15) is 0 Å². The lowest BCUT2D eigenvalue weighted by atomic mass is 10.1. The summed E-state index contributed by atoms with van der Waals surface area (Å²) in [5, 5.41) is 5.21. The third-order valence-corrected chi connectivity index (χ3v) is 9.33. The Kier molecular flexibility index (Phi) is 11.0. The fourth-order valence-electron chi connectivity index (χ4n) is 6.94. The molecule has 0 aliphatic carbocycles. The van der Waals surface area contributed by atoms with Gasteiger partial charge in [-0.3, -0.25) is 0 Å². The Labute approximate surface area is 281 Å². The smallest absolute Gasteiger partial charge is 0.202 e. The monoisotopic (exact) mass is 722 g/mol. The maximum Gasteiger partial charge on any atom is 0.202 e. The van der Waals surface area contributed by atoms with Crippen molar-refractivity contribution in [2.24, 2.45) is 14.1 Å². The summed E-state index contributed by atoms with van der Waals surface area (Å²) in [6.07, 6.45) is 12.1. The number of nitrogens with zero attached hydrogens (tertiary/aromatic N) is 4. The average Bonchev–Trinajstić information content (AvgIpc) is 3.46. The molecule has 0 aliphatic rings. The molecule has 0 spiro atoms. The van der Waals surface area contributed by atoms with Gasteiger partial charge in [0.1, 0.15) is 35.6 Å². The Balaban J connectivity index is 0.00000221. The molecule has 6 aromatic rings. The van der Waals surface area contributed by atoms with Crippen LogP contribution in [0.4, 0.5) is 0 Å². The fraction of sp³-hybridized carbons (Fsp3) is 0.389. The number of methoxy groups -OCH3 is 2. The number of benzene rings is 2. The minimum Gasteiger partial charge on any atom is -1.00 e. The van der Waals surface area contributed by atoms with E-state index in [0.29, 0.717) is 0 Å². The Bertz CT molecular complexity index is 1790. The summed E-state index contributed by atoms with van der Waals surface area (Å²) in [6.45, 7) is 6.64. The summed E-state index contributed by atoms with van der Waals surface area (Å²) in [6, 6.07) is 17.3. The molecule has 0 bridgehead atoms.